The van der Waals surface area contributed by atoms with E-state index < -0.39 is 0 Å². The van der Waals surface area contributed by atoms with Crippen molar-refractivity contribution in [3.8, 4) is 11.3 Å². The monoisotopic (exact) mass is 284 g/mol. The maximum Gasteiger partial charge on any atom is 0.134 e. The topological polar surface area (TPSA) is 56.7 Å². The first kappa shape index (κ1) is 13.7. The van der Waals surface area contributed by atoms with E-state index in [1.54, 1.807) is 18.3 Å². The second-order valence-electron chi connectivity index (χ2n) is 5.20. The Morgan fingerprint density at radius 2 is 2.05 bits per heavy atom. The summed E-state index contributed by atoms with van der Waals surface area (Å²) in [5.41, 5.74) is 8.37. The molecule has 0 bridgehead atoms. The SMILES string of the molecule is CC(C)n1c(CN)nc2ccc(F)c(-c3ccccn3)c21. The summed E-state index contributed by atoms with van der Waals surface area (Å²) < 4.78 is 16.4. The third kappa shape index (κ3) is 2.19. The number of nitrogens with zero attached hydrogens (tertiary/aromatic N) is 3. The Morgan fingerprint density at radius 3 is 2.67 bits per heavy atom. The predicted molar refractivity (Wildman–Crippen MR) is 81.2 cm³/mol. The summed E-state index contributed by atoms with van der Waals surface area (Å²) in [5, 5.41) is 0. The number of hydrogen-bond acceptors (Lipinski definition) is 3. The van der Waals surface area contributed by atoms with E-state index in [1.807, 2.05) is 30.5 Å². The van der Waals surface area contributed by atoms with E-state index in [0.29, 0.717) is 17.8 Å². The van der Waals surface area contributed by atoms with Gasteiger partial charge in [-0.3, -0.25) is 4.98 Å². The van der Waals surface area contributed by atoms with Crippen LogP contribution in [0.1, 0.15) is 25.7 Å². The molecule has 0 aliphatic carbocycles. The number of nitrogens with two attached hydrogens (primary N) is 1. The van der Waals surface area contributed by atoms with Gasteiger partial charge in [-0.2, -0.15) is 0 Å². The first-order chi connectivity index (χ1) is 10.1. The highest BCUT2D eigenvalue weighted by molar-refractivity contribution is 5.92. The van der Waals surface area contributed by atoms with Gasteiger partial charge in [-0.15, -0.1) is 0 Å². The van der Waals surface area contributed by atoms with Gasteiger partial charge in [0.2, 0.25) is 0 Å². The number of halogens is 1. The molecule has 0 saturated heterocycles. The van der Waals surface area contributed by atoms with Crippen LogP contribution in [0, 0.1) is 5.82 Å². The molecule has 0 radical (unpaired) electrons. The van der Waals surface area contributed by atoms with Crippen LogP contribution in [0.4, 0.5) is 4.39 Å². The van der Waals surface area contributed by atoms with Crippen LogP contribution in [0.5, 0.6) is 0 Å². The average molecular weight is 284 g/mol. The van der Waals surface area contributed by atoms with Crippen molar-refractivity contribution < 1.29 is 4.39 Å². The smallest absolute Gasteiger partial charge is 0.134 e. The fraction of sp³-hybridized carbons (Fsp3) is 0.250. The molecule has 5 heteroatoms. The molecule has 4 nitrogen and oxygen atoms in total. The maximum atomic E-state index is 14.4. The number of pyridine rings is 1. The number of fused-ring (bicyclic) bond motifs is 1. The lowest BCUT2D eigenvalue weighted by molar-refractivity contribution is 0.583. The van der Waals surface area contributed by atoms with Gasteiger partial charge in [0.05, 0.1) is 28.8 Å². The van der Waals surface area contributed by atoms with Crippen LogP contribution in [0.15, 0.2) is 36.5 Å². The van der Waals surface area contributed by atoms with Gasteiger partial charge >= 0.3 is 0 Å². The van der Waals surface area contributed by atoms with Crippen molar-refractivity contribution >= 4 is 11.0 Å². The lowest BCUT2D eigenvalue weighted by atomic mass is 10.1. The normalized spacial score (nSPS) is 11.5. The molecule has 0 spiro atoms. The van der Waals surface area contributed by atoms with Crippen molar-refractivity contribution in [3.05, 3.63) is 48.2 Å². The third-order valence-corrected chi connectivity index (χ3v) is 3.49. The minimum atomic E-state index is -0.299. The number of hydrogen-bond donors (Lipinski definition) is 1. The summed E-state index contributed by atoms with van der Waals surface area (Å²) in [4.78, 5) is 8.81. The van der Waals surface area contributed by atoms with Gasteiger partial charge in [0.1, 0.15) is 11.6 Å². The molecule has 1 aromatic carbocycles. The highest BCUT2D eigenvalue weighted by Gasteiger charge is 2.20. The zero-order valence-electron chi connectivity index (χ0n) is 12.0. The van der Waals surface area contributed by atoms with Crippen LogP contribution in [0.3, 0.4) is 0 Å². The molecule has 2 N–H and O–H groups in total. The third-order valence-electron chi connectivity index (χ3n) is 3.49. The Bertz CT molecular complexity index is 778. The molecule has 21 heavy (non-hydrogen) atoms. The molecule has 0 aliphatic rings. The highest BCUT2D eigenvalue weighted by atomic mass is 19.1. The van der Waals surface area contributed by atoms with E-state index in [2.05, 4.69) is 9.97 Å². The summed E-state index contributed by atoms with van der Waals surface area (Å²) in [6.45, 7) is 4.39. The summed E-state index contributed by atoms with van der Waals surface area (Å²) in [6, 6.07) is 8.72. The Kier molecular flexibility index (Phi) is 3.43. The Balaban J connectivity index is 2.43. The Labute approximate surface area is 122 Å². The molecular weight excluding hydrogens is 267 g/mol. The van der Waals surface area contributed by atoms with E-state index in [9.17, 15) is 4.39 Å². The van der Waals surface area contributed by atoms with Crippen LogP contribution < -0.4 is 5.73 Å². The molecule has 0 aliphatic heterocycles. The molecule has 0 unspecified atom stereocenters. The number of imidazole rings is 1. The van der Waals surface area contributed by atoms with Gasteiger partial charge in [-0.25, -0.2) is 9.37 Å². The van der Waals surface area contributed by atoms with Gasteiger partial charge in [0.25, 0.3) is 0 Å². The minimum Gasteiger partial charge on any atom is -0.324 e. The van der Waals surface area contributed by atoms with Crippen molar-refractivity contribution in [1.82, 2.24) is 14.5 Å². The summed E-state index contributed by atoms with van der Waals surface area (Å²) in [5.74, 6) is 0.453. The standard InChI is InChI=1S/C16H17FN4/c1-10(2)21-14(9-18)20-13-7-6-11(17)15(16(13)21)12-5-3-4-8-19-12/h3-8,10H,9,18H2,1-2H3. The Hall–Kier alpha value is -2.27. The molecule has 108 valence electrons. The molecule has 0 atom stereocenters. The molecule has 0 amide bonds. The first-order valence-electron chi connectivity index (χ1n) is 6.94. The van der Waals surface area contributed by atoms with E-state index in [1.165, 1.54) is 6.07 Å². The van der Waals surface area contributed by atoms with Gasteiger partial charge in [-0.05, 0) is 38.1 Å². The van der Waals surface area contributed by atoms with Crippen LogP contribution in [0.2, 0.25) is 0 Å². The van der Waals surface area contributed by atoms with Crippen molar-refractivity contribution in [2.45, 2.75) is 26.4 Å². The number of rotatable bonds is 3. The predicted octanol–water partition coefficient (Wildman–Crippen LogP) is 3.28. The van der Waals surface area contributed by atoms with E-state index in [4.69, 9.17) is 5.73 Å². The maximum absolute atomic E-state index is 14.4. The largest absolute Gasteiger partial charge is 0.324 e. The van der Waals surface area contributed by atoms with Crippen LogP contribution >= 0.6 is 0 Å². The van der Waals surface area contributed by atoms with Crippen LogP contribution in [0.25, 0.3) is 22.3 Å². The van der Waals surface area contributed by atoms with E-state index in [0.717, 1.165) is 16.9 Å². The lowest BCUT2D eigenvalue weighted by Gasteiger charge is -2.14. The van der Waals surface area contributed by atoms with Crippen LogP contribution in [-0.4, -0.2) is 14.5 Å². The van der Waals surface area contributed by atoms with Gasteiger partial charge in [-0.1, -0.05) is 6.07 Å². The fourth-order valence-corrected chi connectivity index (χ4v) is 2.67. The highest BCUT2D eigenvalue weighted by Crippen LogP contribution is 2.32. The fourth-order valence-electron chi connectivity index (χ4n) is 2.67. The van der Waals surface area contributed by atoms with Gasteiger partial charge in [0, 0.05) is 12.2 Å². The minimum absolute atomic E-state index is 0.137. The molecular formula is C16H17FN4. The van der Waals surface area contributed by atoms with E-state index in [-0.39, 0.29) is 11.9 Å². The zero-order chi connectivity index (χ0) is 15.0. The summed E-state index contributed by atoms with van der Waals surface area (Å²) in [7, 11) is 0. The molecule has 0 fully saturated rings. The average Bonchev–Trinajstić information content (AvgIpc) is 2.86. The van der Waals surface area contributed by atoms with Crippen molar-refractivity contribution in [3.63, 3.8) is 0 Å². The molecule has 3 aromatic rings. The van der Waals surface area contributed by atoms with Crippen molar-refractivity contribution in [1.29, 1.82) is 0 Å². The van der Waals surface area contributed by atoms with Crippen molar-refractivity contribution in [2.75, 3.05) is 0 Å². The molecule has 2 heterocycles. The first-order valence-corrected chi connectivity index (χ1v) is 6.94. The second-order valence-corrected chi connectivity index (χ2v) is 5.20. The molecule has 0 saturated carbocycles. The summed E-state index contributed by atoms with van der Waals surface area (Å²) in [6.07, 6.45) is 1.66. The molecule has 2 aromatic heterocycles. The van der Waals surface area contributed by atoms with Crippen molar-refractivity contribution in [2.24, 2.45) is 5.73 Å². The Morgan fingerprint density at radius 1 is 1.24 bits per heavy atom. The second kappa shape index (κ2) is 5.26. The van der Waals surface area contributed by atoms with Gasteiger partial charge < -0.3 is 10.3 Å². The zero-order valence-corrected chi connectivity index (χ0v) is 12.0. The number of benzene rings is 1. The van der Waals surface area contributed by atoms with Gasteiger partial charge in [0.15, 0.2) is 0 Å². The van der Waals surface area contributed by atoms with Crippen LogP contribution in [-0.2, 0) is 6.54 Å². The quantitative estimate of drug-likeness (QED) is 0.803. The summed E-state index contributed by atoms with van der Waals surface area (Å²) >= 11 is 0. The van der Waals surface area contributed by atoms with E-state index >= 15 is 0 Å². The molecule has 3 rings (SSSR count). The lowest BCUT2D eigenvalue weighted by Crippen LogP contribution is -2.11. The number of aromatic nitrogens is 3.